The van der Waals surface area contributed by atoms with E-state index in [0.717, 1.165) is 22.3 Å². The van der Waals surface area contributed by atoms with Crippen LogP contribution in [-0.2, 0) is 5.41 Å². The Balaban J connectivity index is 1.11. The predicted octanol–water partition coefficient (Wildman–Crippen LogP) is 8.81. The highest BCUT2D eigenvalue weighted by Crippen LogP contribution is 2.54. The molecular formula is C40H28O4S. The molecule has 0 amide bonds. The zero-order valence-electron chi connectivity index (χ0n) is 25.0. The van der Waals surface area contributed by atoms with Crippen molar-refractivity contribution in [3.05, 3.63) is 152 Å². The van der Waals surface area contributed by atoms with Gasteiger partial charge in [-0.05, 0) is 69.6 Å². The van der Waals surface area contributed by atoms with E-state index in [9.17, 15) is 19.5 Å². The summed E-state index contributed by atoms with van der Waals surface area (Å²) in [6.45, 7) is 6.52. The largest absolute Gasteiger partial charge is 0.383 e. The van der Waals surface area contributed by atoms with Gasteiger partial charge in [0, 0.05) is 37.4 Å². The van der Waals surface area contributed by atoms with Gasteiger partial charge in [0.1, 0.15) is 6.10 Å². The van der Waals surface area contributed by atoms with Crippen LogP contribution in [0.3, 0.4) is 0 Å². The Morgan fingerprint density at radius 3 is 1.96 bits per heavy atom. The molecule has 8 rings (SSSR count). The Morgan fingerprint density at radius 2 is 1.29 bits per heavy atom. The van der Waals surface area contributed by atoms with Gasteiger partial charge in [-0.15, -0.1) is 11.3 Å². The molecule has 0 fully saturated rings. The first-order valence-corrected chi connectivity index (χ1v) is 15.8. The number of rotatable bonds is 3. The van der Waals surface area contributed by atoms with Gasteiger partial charge < -0.3 is 5.11 Å². The fourth-order valence-corrected chi connectivity index (χ4v) is 8.48. The lowest BCUT2D eigenvalue weighted by atomic mass is 9.82. The van der Waals surface area contributed by atoms with Gasteiger partial charge in [0.25, 0.3) is 0 Å². The molecule has 0 saturated heterocycles. The molecule has 0 bridgehead atoms. The Kier molecular flexibility index (Phi) is 5.98. The van der Waals surface area contributed by atoms with Crippen LogP contribution in [0.4, 0.5) is 0 Å². The maximum absolute atomic E-state index is 13.0. The summed E-state index contributed by atoms with van der Waals surface area (Å²) in [5, 5.41) is 10.9. The summed E-state index contributed by atoms with van der Waals surface area (Å²) in [7, 11) is 0. The minimum atomic E-state index is -0.916. The van der Waals surface area contributed by atoms with Crippen LogP contribution in [0.5, 0.6) is 0 Å². The van der Waals surface area contributed by atoms with E-state index in [0.29, 0.717) is 27.8 Å². The number of aliphatic hydroxyl groups is 1. The van der Waals surface area contributed by atoms with E-state index in [2.05, 4.69) is 45.0 Å². The number of carbonyl (C=O) groups is 3. The number of hydrogen-bond donors (Lipinski definition) is 1. The van der Waals surface area contributed by atoms with Gasteiger partial charge in [-0.2, -0.15) is 0 Å². The Labute approximate surface area is 265 Å². The average molecular weight is 605 g/mol. The number of carbonyl (C=O) groups excluding carboxylic acids is 3. The molecule has 0 saturated carbocycles. The molecule has 0 radical (unpaired) electrons. The zero-order valence-corrected chi connectivity index (χ0v) is 25.8. The van der Waals surface area contributed by atoms with Gasteiger partial charge in [-0.25, -0.2) is 0 Å². The first kappa shape index (κ1) is 27.6. The van der Waals surface area contributed by atoms with Crippen LogP contribution in [0.1, 0.15) is 84.4 Å². The predicted molar refractivity (Wildman–Crippen MR) is 179 cm³/mol. The van der Waals surface area contributed by atoms with E-state index in [1.165, 1.54) is 26.4 Å². The number of Topliss-reactive ketones (excluding diaryl/α,β-unsaturated/α-hetero) is 3. The van der Waals surface area contributed by atoms with E-state index in [-0.39, 0.29) is 28.3 Å². The highest BCUT2D eigenvalue weighted by molar-refractivity contribution is 7.19. The molecule has 1 atom stereocenters. The van der Waals surface area contributed by atoms with Crippen LogP contribution < -0.4 is 0 Å². The van der Waals surface area contributed by atoms with E-state index in [1.807, 2.05) is 42.5 Å². The van der Waals surface area contributed by atoms with Crippen LogP contribution in [0, 0.1) is 6.92 Å². The van der Waals surface area contributed by atoms with Crippen LogP contribution in [0.15, 0.2) is 102 Å². The van der Waals surface area contributed by atoms with Crippen molar-refractivity contribution in [1.82, 2.24) is 0 Å². The lowest BCUT2D eigenvalue weighted by Gasteiger charge is -2.21. The summed E-state index contributed by atoms with van der Waals surface area (Å²) in [6, 6.07) is 28.9. The SMILES string of the molecule is Cc1cc(C=C2C(=O)c3ccccc3C2=O)ccc1-c1cc2c(s1)-c1ccc(/C=C3\C(=O)c4ccccc4C3O)cc1C2(C)C. The Morgan fingerprint density at radius 1 is 0.667 bits per heavy atom. The van der Waals surface area contributed by atoms with Crippen molar-refractivity contribution >= 4 is 40.8 Å². The summed E-state index contributed by atoms with van der Waals surface area (Å²) in [4.78, 5) is 41.2. The van der Waals surface area contributed by atoms with Crippen LogP contribution >= 0.6 is 11.3 Å². The molecule has 1 aromatic heterocycles. The van der Waals surface area contributed by atoms with Gasteiger partial charge >= 0.3 is 0 Å². The normalized spacial score (nSPS) is 18.3. The molecule has 45 heavy (non-hydrogen) atoms. The van der Waals surface area contributed by atoms with Crippen molar-refractivity contribution in [1.29, 1.82) is 0 Å². The van der Waals surface area contributed by atoms with Crippen molar-refractivity contribution in [2.24, 2.45) is 0 Å². The fourth-order valence-electron chi connectivity index (χ4n) is 7.04. The van der Waals surface area contributed by atoms with Crippen LogP contribution in [0.25, 0.3) is 33.0 Å². The molecule has 5 aromatic rings. The molecule has 5 heteroatoms. The molecular weight excluding hydrogens is 577 g/mol. The topological polar surface area (TPSA) is 71.4 Å². The fraction of sp³-hybridized carbons (Fsp3) is 0.125. The van der Waals surface area contributed by atoms with Crippen LogP contribution in [-0.4, -0.2) is 22.5 Å². The van der Waals surface area contributed by atoms with Crippen molar-refractivity contribution in [2.75, 3.05) is 0 Å². The van der Waals surface area contributed by atoms with E-state index < -0.39 is 6.10 Å². The second-order valence-electron chi connectivity index (χ2n) is 12.5. The molecule has 4 nitrogen and oxygen atoms in total. The standard InChI is InChI=1S/C40H28O4S/c1-21-16-22(17-30-35(41)25-8-4-5-9-26(25)36(30)42)12-14-24(21)34-20-33-39(45-34)29-15-13-23(19-32(29)40(33,2)3)18-31-37(43)27-10-6-7-11-28(27)38(31)44/h4-20,37,43H,1-3H3/b31-18-. The van der Waals surface area contributed by atoms with Gasteiger partial charge in [0.15, 0.2) is 17.3 Å². The molecule has 0 spiro atoms. The van der Waals surface area contributed by atoms with Crippen molar-refractivity contribution < 1.29 is 19.5 Å². The van der Waals surface area contributed by atoms with Gasteiger partial charge in [0.05, 0.1) is 5.57 Å². The van der Waals surface area contributed by atoms with Crippen molar-refractivity contribution in [3.63, 3.8) is 0 Å². The zero-order chi connectivity index (χ0) is 31.2. The highest BCUT2D eigenvalue weighted by Gasteiger charge is 2.38. The van der Waals surface area contributed by atoms with E-state index in [4.69, 9.17) is 0 Å². The quantitative estimate of drug-likeness (QED) is 0.165. The Bertz CT molecular complexity index is 2190. The van der Waals surface area contributed by atoms with E-state index in [1.54, 1.807) is 47.7 Å². The van der Waals surface area contributed by atoms with Gasteiger partial charge in [0.2, 0.25) is 0 Å². The second-order valence-corrected chi connectivity index (χ2v) is 13.6. The minimum absolute atomic E-state index is 0.120. The summed E-state index contributed by atoms with van der Waals surface area (Å²) >= 11 is 1.76. The molecule has 1 heterocycles. The number of aliphatic hydroxyl groups excluding tert-OH is 1. The highest BCUT2D eigenvalue weighted by atomic mass is 32.1. The van der Waals surface area contributed by atoms with Crippen molar-refractivity contribution in [3.8, 4) is 20.9 Å². The number of thiophene rings is 1. The van der Waals surface area contributed by atoms with Gasteiger partial charge in [-0.1, -0.05) is 98.8 Å². The maximum Gasteiger partial charge on any atom is 0.197 e. The molecule has 3 aliphatic rings. The smallest absolute Gasteiger partial charge is 0.197 e. The van der Waals surface area contributed by atoms with Crippen molar-refractivity contribution in [2.45, 2.75) is 32.3 Å². The number of ketones is 3. The molecule has 1 N–H and O–H groups in total. The lowest BCUT2D eigenvalue weighted by Crippen LogP contribution is -2.14. The number of aryl methyl sites for hydroxylation is 1. The third-order valence-corrected chi connectivity index (χ3v) is 10.7. The number of benzene rings is 4. The Hall–Kier alpha value is -4.97. The number of fused-ring (bicyclic) bond motifs is 5. The minimum Gasteiger partial charge on any atom is -0.383 e. The molecule has 4 aromatic carbocycles. The third kappa shape index (κ3) is 4.04. The molecule has 218 valence electrons. The summed E-state index contributed by atoms with van der Waals surface area (Å²) < 4.78 is 0. The number of hydrogen-bond acceptors (Lipinski definition) is 5. The molecule has 1 unspecified atom stereocenters. The maximum atomic E-state index is 13.0. The third-order valence-electron chi connectivity index (χ3n) is 9.48. The second kappa shape index (κ2) is 9.77. The summed E-state index contributed by atoms with van der Waals surface area (Å²) in [5.74, 6) is -0.558. The first-order valence-electron chi connectivity index (χ1n) is 15.0. The van der Waals surface area contributed by atoms with Gasteiger partial charge in [-0.3, -0.25) is 14.4 Å². The molecule has 3 aliphatic carbocycles. The summed E-state index contributed by atoms with van der Waals surface area (Å²) in [5.41, 5.74) is 10.1. The van der Waals surface area contributed by atoms with Crippen LogP contribution in [0.2, 0.25) is 0 Å². The number of allylic oxidation sites excluding steroid dienone is 1. The average Bonchev–Trinajstić information content (AvgIpc) is 3.71. The first-order chi connectivity index (χ1) is 21.6. The van der Waals surface area contributed by atoms with E-state index >= 15 is 0 Å². The monoisotopic (exact) mass is 604 g/mol. The molecule has 0 aliphatic heterocycles. The lowest BCUT2D eigenvalue weighted by molar-refractivity contribution is 0.0986. The summed E-state index contributed by atoms with van der Waals surface area (Å²) in [6.07, 6.45) is 2.62.